The van der Waals surface area contributed by atoms with Crippen molar-refractivity contribution in [2.45, 2.75) is 0 Å². The van der Waals surface area contributed by atoms with Gasteiger partial charge in [-0.1, -0.05) is 24.3 Å². The Morgan fingerprint density at radius 3 is 2.73 bits per heavy atom. The van der Waals surface area contributed by atoms with Gasteiger partial charge in [-0.25, -0.2) is 4.98 Å². The van der Waals surface area contributed by atoms with Gasteiger partial charge in [0.25, 0.3) is 5.69 Å². The number of ether oxygens (including phenoxy) is 1. The monoisotopic (exact) mass is 363 g/mol. The van der Waals surface area contributed by atoms with Crippen molar-refractivity contribution >= 4 is 28.7 Å². The summed E-state index contributed by atoms with van der Waals surface area (Å²) in [6.07, 6.45) is 1.75. The molecule has 2 aromatic carbocycles. The number of nitrogens with zero attached hydrogens (tertiary/aromatic N) is 3. The maximum absolute atomic E-state index is 10.9. The van der Waals surface area contributed by atoms with E-state index in [1.54, 1.807) is 30.7 Å². The predicted molar refractivity (Wildman–Crippen MR) is 101 cm³/mol. The quantitative estimate of drug-likeness (QED) is 0.369. The average molecular weight is 363 g/mol. The Hall–Kier alpha value is -3.50. The van der Waals surface area contributed by atoms with Crippen LogP contribution in [0.15, 0.2) is 53.9 Å². The first-order valence-electron chi connectivity index (χ1n) is 7.57. The minimum atomic E-state index is -0.443. The number of nitro benzene ring substituents is 1. The Kier molecular flexibility index (Phi) is 5.06. The van der Waals surface area contributed by atoms with Crippen LogP contribution in [0.4, 0.5) is 5.69 Å². The molecule has 0 fully saturated rings. The predicted octanol–water partition coefficient (Wildman–Crippen LogP) is 4.79. The first kappa shape index (κ1) is 17.3. The van der Waals surface area contributed by atoms with Crippen LogP contribution in [0.25, 0.3) is 22.9 Å². The number of hydrogen-bond acceptors (Lipinski definition) is 6. The average Bonchev–Trinajstić information content (AvgIpc) is 3.16. The Balaban J connectivity index is 1.92. The molecular formula is C19H13N3O3S. The molecule has 0 saturated carbocycles. The second-order valence-corrected chi connectivity index (χ2v) is 6.15. The minimum absolute atomic E-state index is 0.00586. The van der Waals surface area contributed by atoms with Gasteiger partial charge in [0.1, 0.15) is 16.8 Å². The van der Waals surface area contributed by atoms with Crippen LogP contribution in [0.5, 0.6) is 5.75 Å². The second kappa shape index (κ2) is 7.59. The lowest BCUT2D eigenvalue weighted by atomic mass is 10.1. The van der Waals surface area contributed by atoms with Crippen LogP contribution >= 0.6 is 11.3 Å². The summed E-state index contributed by atoms with van der Waals surface area (Å²) in [6.45, 7) is 0. The van der Waals surface area contributed by atoms with E-state index in [2.05, 4.69) is 11.1 Å². The fraction of sp³-hybridized carbons (Fsp3) is 0.0526. The van der Waals surface area contributed by atoms with Crippen molar-refractivity contribution in [2.24, 2.45) is 0 Å². The highest BCUT2D eigenvalue weighted by Gasteiger charge is 2.12. The molecule has 1 heterocycles. The highest BCUT2D eigenvalue weighted by molar-refractivity contribution is 7.11. The van der Waals surface area contributed by atoms with Gasteiger partial charge >= 0.3 is 0 Å². The van der Waals surface area contributed by atoms with Crippen molar-refractivity contribution in [3.8, 4) is 23.1 Å². The molecule has 128 valence electrons. The van der Waals surface area contributed by atoms with E-state index in [1.165, 1.54) is 23.5 Å². The smallest absolute Gasteiger partial charge is 0.270 e. The van der Waals surface area contributed by atoms with Gasteiger partial charge in [-0.05, 0) is 23.8 Å². The van der Waals surface area contributed by atoms with E-state index in [-0.39, 0.29) is 5.69 Å². The van der Waals surface area contributed by atoms with Gasteiger partial charge in [0.15, 0.2) is 0 Å². The molecule has 0 spiro atoms. The van der Waals surface area contributed by atoms with E-state index < -0.39 is 4.92 Å². The van der Waals surface area contributed by atoms with Gasteiger partial charge in [0.05, 0.1) is 23.3 Å². The molecular weight excluding hydrogens is 350 g/mol. The van der Waals surface area contributed by atoms with Gasteiger partial charge < -0.3 is 4.74 Å². The van der Waals surface area contributed by atoms with Crippen molar-refractivity contribution < 1.29 is 9.66 Å². The molecule has 0 bridgehead atoms. The summed E-state index contributed by atoms with van der Waals surface area (Å²) in [6, 6.07) is 15.8. The summed E-state index contributed by atoms with van der Waals surface area (Å²) >= 11 is 1.32. The fourth-order valence-electron chi connectivity index (χ4n) is 2.32. The third-order valence-electron chi connectivity index (χ3n) is 3.63. The molecule has 0 aliphatic rings. The number of methoxy groups -OCH3 is 1. The first-order chi connectivity index (χ1) is 12.6. The molecule has 0 N–H and O–H groups in total. The zero-order valence-corrected chi connectivity index (χ0v) is 14.6. The highest BCUT2D eigenvalue weighted by Crippen LogP contribution is 2.29. The van der Waals surface area contributed by atoms with Gasteiger partial charge in [0.2, 0.25) is 0 Å². The first-order valence-corrected chi connectivity index (χ1v) is 8.45. The number of nitro groups is 1. The van der Waals surface area contributed by atoms with E-state index in [4.69, 9.17) is 4.74 Å². The number of rotatable bonds is 5. The van der Waals surface area contributed by atoms with E-state index in [1.807, 2.05) is 24.3 Å². The lowest BCUT2D eigenvalue weighted by Gasteiger charge is -2.00. The van der Waals surface area contributed by atoms with Crippen LogP contribution < -0.4 is 4.74 Å². The summed E-state index contributed by atoms with van der Waals surface area (Å²) in [7, 11) is 1.59. The van der Waals surface area contributed by atoms with E-state index >= 15 is 0 Å². The number of nitriles is 1. The summed E-state index contributed by atoms with van der Waals surface area (Å²) < 4.78 is 5.12. The van der Waals surface area contributed by atoms with Crippen molar-refractivity contribution in [3.05, 3.63) is 74.6 Å². The number of allylic oxidation sites excluding steroid dienone is 1. The fourth-order valence-corrected chi connectivity index (χ4v) is 3.11. The van der Waals surface area contributed by atoms with E-state index in [0.717, 1.165) is 11.3 Å². The number of aromatic nitrogens is 1. The van der Waals surface area contributed by atoms with Crippen LogP contribution in [0.2, 0.25) is 0 Å². The zero-order valence-electron chi connectivity index (χ0n) is 13.7. The minimum Gasteiger partial charge on any atom is -0.497 e. The van der Waals surface area contributed by atoms with Gasteiger partial charge in [-0.15, -0.1) is 11.3 Å². The van der Waals surface area contributed by atoms with Crippen LogP contribution in [0, 0.1) is 21.4 Å². The van der Waals surface area contributed by atoms with E-state index in [0.29, 0.717) is 21.8 Å². The summed E-state index contributed by atoms with van der Waals surface area (Å²) in [4.78, 5) is 14.9. The molecule has 26 heavy (non-hydrogen) atoms. The third kappa shape index (κ3) is 3.77. The molecule has 0 saturated heterocycles. The van der Waals surface area contributed by atoms with Crippen molar-refractivity contribution in [3.63, 3.8) is 0 Å². The SMILES string of the molecule is COc1ccc(/C=C(\C#N)c2nc(-c3cccc([N+](=O)[O-])c3)cs2)cc1. The molecule has 0 unspecified atom stereocenters. The van der Waals surface area contributed by atoms with Crippen molar-refractivity contribution in [1.82, 2.24) is 4.98 Å². The Labute approximate surface area is 153 Å². The summed E-state index contributed by atoms with van der Waals surface area (Å²) in [5.41, 5.74) is 2.53. The molecule has 0 aliphatic heterocycles. The standard InChI is InChI=1S/C19H13N3O3S/c1-25-17-7-5-13(6-8-17)9-15(11-20)19-21-18(12-26-19)14-3-2-4-16(10-14)22(23)24/h2-10,12H,1H3/b15-9+. The normalized spacial score (nSPS) is 11.0. The third-order valence-corrected chi connectivity index (χ3v) is 4.51. The Morgan fingerprint density at radius 1 is 1.31 bits per heavy atom. The molecule has 0 aliphatic carbocycles. The molecule has 0 amide bonds. The zero-order chi connectivity index (χ0) is 18.5. The lowest BCUT2D eigenvalue weighted by Crippen LogP contribution is -1.88. The van der Waals surface area contributed by atoms with Crippen LogP contribution in [0.1, 0.15) is 10.6 Å². The van der Waals surface area contributed by atoms with Crippen LogP contribution in [0.3, 0.4) is 0 Å². The molecule has 7 heteroatoms. The molecule has 1 aromatic heterocycles. The van der Waals surface area contributed by atoms with Crippen molar-refractivity contribution in [2.75, 3.05) is 7.11 Å². The van der Waals surface area contributed by atoms with Crippen molar-refractivity contribution in [1.29, 1.82) is 5.26 Å². The van der Waals surface area contributed by atoms with Gasteiger partial charge in [-0.3, -0.25) is 10.1 Å². The number of non-ortho nitro benzene ring substituents is 1. The Morgan fingerprint density at radius 2 is 2.08 bits per heavy atom. The molecule has 3 rings (SSSR count). The molecule has 0 radical (unpaired) electrons. The lowest BCUT2D eigenvalue weighted by molar-refractivity contribution is -0.384. The van der Waals surface area contributed by atoms with Gasteiger partial charge in [0, 0.05) is 23.1 Å². The summed E-state index contributed by atoms with van der Waals surface area (Å²) in [5.74, 6) is 0.739. The Bertz CT molecular complexity index is 1020. The van der Waals surface area contributed by atoms with Gasteiger partial charge in [-0.2, -0.15) is 5.26 Å². The maximum Gasteiger partial charge on any atom is 0.270 e. The largest absolute Gasteiger partial charge is 0.497 e. The molecule has 3 aromatic rings. The molecule has 6 nitrogen and oxygen atoms in total. The maximum atomic E-state index is 10.9. The number of thiazole rings is 1. The van der Waals surface area contributed by atoms with Crippen LogP contribution in [-0.4, -0.2) is 17.0 Å². The second-order valence-electron chi connectivity index (χ2n) is 5.29. The van der Waals surface area contributed by atoms with Crippen LogP contribution in [-0.2, 0) is 0 Å². The number of benzene rings is 2. The summed E-state index contributed by atoms with van der Waals surface area (Å²) in [5, 5.41) is 22.7. The highest BCUT2D eigenvalue weighted by atomic mass is 32.1. The molecule has 0 atom stereocenters. The topological polar surface area (TPSA) is 89.0 Å². The van der Waals surface area contributed by atoms with E-state index in [9.17, 15) is 15.4 Å². The number of hydrogen-bond donors (Lipinski definition) is 0.